The summed E-state index contributed by atoms with van der Waals surface area (Å²) in [6, 6.07) is 9.89. The number of nitrogens with zero attached hydrogens (tertiary/aromatic N) is 2. The van der Waals surface area contributed by atoms with Crippen LogP contribution in [-0.4, -0.2) is 18.6 Å². The first-order valence-corrected chi connectivity index (χ1v) is 7.21. The van der Waals surface area contributed by atoms with Crippen molar-refractivity contribution in [3.05, 3.63) is 65.0 Å². The van der Waals surface area contributed by atoms with E-state index in [1.165, 1.54) is 24.3 Å². The topological polar surface area (TPSA) is 6.48 Å². The minimum absolute atomic E-state index is 0.271. The molecule has 6 heteroatoms. The van der Waals surface area contributed by atoms with E-state index in [-0.39, 0.29) is 5.82 Å². The summed E-state index contributed by atoms with van der Waals surface area (Å²) >= 11 is 0. The number of anilines is 1. The Labute approximate surface area is 131 Å². The maximum absolute atomic E-state index is 13.3. The summed E-state index contributed by atoms with van der Waals surface area (Å²) in [5.74, 6) is -0.271. The molecule has 122 valence electrons. The lowest BCUT2D eigenvalue weighted by atomic mass is 10.1. The summed E-state index contributed by atoms with van der Waals surface area (Å²) in [7, 11) is 1.87. The average Bonchev–Trinajstić information content (AvgIpc) is 2.48. The average molecular weight is 324 g/mol. The molecule has 0 radical (unpaired) electrons. The first kappa shape index (κ1) is 15.8. The molecule has 2 aromatic rings. The van der Waals surface area contributed by atoms with Gasteiger partial charge in [-0.1, -0.05) is 18.2 Å². The summed E-state index contributed by atoms with van der Waals surface area (Å²) in [6.07, 6.45) is -4.31. The maximum atomic E-state index is 13.3. The molecule has 0 amide bonds. The number of halogens is 4. The minimum atomic E-state index is -4.31. The van der Waals surface area contributed by atoms with Crippen molar-refractivity contribution >= 4 is 5.69 Å². The van der Waals surface area contributed by atoms with Crippen LogP contribution in [0, 0.1) is 5.82 Å². The Morgan fingerprint density at radius 3 is 2.39 bits per heavy atom. The van der Waals surface area contributed by atoms with Gasteiger partial charge in [0, 0.05) is 25.8 Å². The molecule has 0 bridgehead atoms. The van der Waals surface area contributed by atoms with E-state index in [1.54, 1.807) is 6.07 Å². The molecule has 0 aliphatic carbocycles. The lowest BCUT2D eigenvalue weighted by molar-refractivity contribution is -0.137. The van der Waals surface area contributed by atoms with Crippen LogP contribution in [-0.2, 0) is 19.3 Å². The largest absolute Gasteiger partial charge is 0.416 e. The van der Waals surface area contributed by atoms with Gasteiger partial charge in [0.25, 0.3) is 0 Å². The Hall–Kier alpha value is -2.08. The van der Waals surface area contributed by atoms with Gasteiger partial charge in [-0.2, -0.15) is 13.2 Å². The monoisotopic (exact) mass is 324 g/mol. The van der Waals surface area contributed by atoms with Crippen molar-refractivity contribution in [1.82, 2.24) is 4.90 Å². The van der Waals surface area contributed by atoms with Crippen molar-refractivity contribution in [3.8, 4) is 0 Å². The minimum Gasteiger partial charge on any atom is -0.361 e. The van der Waals surface area contributed by atoms with E-state index in [4.69, 9.17) is 0 Å². The third kappa shape index (κ3) is 3.47. The summed E-state index contributed by atoms with van der Waals surface area (Å²) in [6.45, 7) is 1.78. The molecule has 0 spiro atoms. The number of benzene rings is 2. The molecule has 2 nitrogen and oxygen atoms in total. The molecule has 0 unspecified atom stereocenters. The summed E-state index contributed by atoms with van der Waals surface area (Å²) in [5.41, 5.74) is 2.04. The van der Waals surface area contributed by atoms with Crippen LogP contribution >= 0.6 is 0 Å². The van der Waals surface area contributed by atoms with E-state index in [9.17, 15) is 17.6 Å². The van der Waals surface area contributed by atoms with E-state index in [2.05, 4.69) is 4.90 Å². The summed E-state index contributed by atoms with van der Waals surface area (Å²) in [4.78, 5) is 4.04. The molecule has 0 atom stereocenters. The molecular weight excluding hydrogens is 308 g/mol. The Morgan fingerprint density at radius 2 is 1.74 bits per heavy atom. The fourth-order valence-corrected chi connectivity index (χ4v) is 2.86. The first-order valence-electron chi connectivity index (χ1n) is 7.21. The van der Waals surface area contributed by atoms with Crippen LogP contribution in [0.2, 0.25) is 0 Å². The van der Waals surface area contributed by atoms with Crippen LogP contribution in [0.15, 0.2) is 42.5 Å². The molecule has 0 saturated carbocycles. The van der Waals surface area contributed by atoms with E-state index >= 15 is 0 Å². The van der Waals surface area contributed by atoms with Crippen LogP contribution in [0.1, 0.15) is 16.7 Å². The second-order valence-corrected chi connectivity index (χ2v) is 5.79. The zero-order valence-corrected chi connectivity index (χ0v) is 12.6. The summed E-state index contributed by atoms with van der Waals surface area (Å²) in [5, 5.41) is 0. The third-order valence-corrected chi connectivity index (χ3v) is 3.95. The van der Waals surface area contributed by atoms with Gasteiger partial charge in [0.05, 0.1) is 12.2 Å². The molecule has 1 aliphatic heterocycles. The standard InChI is InChI=1S/C17H16F4N2/c1-22-11-23(10-13-4-7-15(18)8-16(13)22)9-12-2-5-14(6-3-12)17(19,20)21/h2-8H,9-11H2,1H3. The first-order chi connectivity index (χ1) is 10.8. The van der Waals surface area contributed by atoms with Crippen LogP contribution < -0.4 is 4.90 Å². The van der Waals surface area contributed by atoms with Gasteiger partial charge in [-0.25, -0.2) is 4.39 Å². The highest BCUT2D eigenvalue weighted by Crippen LogP contribution is 2.30. The lowest BCUT2D eigenvalue weighted by Crippen LogP contribution is -2.39. The van der Waals surface area contributed by atoms with Gasteiger partial charge < -0.3 is 4.90 Å². The predicted octanol–water partition coefficient (Wildman–Crippen LogP) is 4.25. The van der Waals surface area contributed by atoms with Crippen molar-refractivity contribution in [2.24, 2.45) is 0 Å². The van der Waals surface area contributed by atoms with Gasteiger partial charge in [-0.15, -0.1) is 0 Å². The molecule has 0 aromatic heterocycles. The van der Waals surface area contributed by atoms with Gasteiger partial charge in [0.2, 0.25) is 0 Å². The second kappa shape index (κ2) is 5.85. The van der Waals surface area contributed by atoms with Crippen LogP contribution in [0.4, 0.5) is 23.2 Å². The molecular formula is C17H16F4N2. The quantitative estimate of drug-likeness (QED) is 0.762. The normalized spacial score (nSPS) is 15.6. The highest BCUT2D eigenvalue weighted by Gasteiger charge is 2.30. The summed E-state index contributed by atoms with van der Waals surface area (Å²) < 4.78 is 51.1. The smallest absolute Gasteiger partial charge is 0.361 e. The molecule has 0 saturated heterocycles. The number of rotatable bonds is 2. The van der Waals surface area contributed by atoms with Crippen LogP contribution in [0.5, 0.6) is 0 Å². The predicted molar refractivity (Wildman–Crippen MR) is 80.4 cm³/mol. The van der Waals surface area contributed by atoms with Crippen molar-refractivity contribution in [3.63, 3.8) is 0 Å². The molecule has 1 aliphatic rings. The van der Waals surface area contributed by atoms with E-state index in [0.717, 1.165) is 28.9 Å². The fraction of sp³-hybridized carbons (Fsp3) is 0.294. The van der Waals surface area contributed by atoms with Gasteiger partial charge >= 0.3 is 6.18 Å². The molecule has 3 rings (SSSR count). The van der Waals surface area contributed by atoms with Gasteiger partial charge in [0.1, 0.15) is 5.82 Å². The lowest BCUT2D eigenvalue weighted by Gasteiger charge is -2.36. The fourth-order valence-electron chi connectivity index (χ4n) is 2.86. The maximum Gasteiger partial charge on any atom is 0.416 e. The van der Waals surface area contributed by atoms with Crippen LogP contribution in [0.3, 0.4) is 0 Å². The van der Waals surface area contributed by atoms with Crippen molar-refractivity contribution < 1.29 is 17.6 Å². The highest BCUT2D eigenvalue weighted by molar-refractivity contribution is 5.54. The number of alkyl halides is 3. The van der Waals surface area contributed by atoms with E-state index in [1.807, 2.05) is 11.9 Å². The van der Waals surface area contributed by atoms with Gasteiger partial charge in [-0.3, -0.25) is 4.90 Å². The number of hydrogen-bond acceptors (Lipinski definition) is 2. The van der Waals surface area contributed by atoms with Crippen LogP contribution in [0.25, 0.3) is 0 Å². The van der Waals surface area contributed by atoms with E-state index in [0.29, 0.717) is 19.8 Å². The number of hydrogen-bond donors (Lipinski definition) is 0. The molecule has 0 N–H and O–H groups in total. The van der Waals surface area contributed by atoms with Crippen molar-refractivity contribution in [1.29, 1.82) is 0 Å². The Bertz CT molecular complexity index is 695. The van der Waals surface area contributed by atoms with Gasteiger partial charge in [-0.05, 0) is 35.4 Å². The third-order valence-electron chi connectivity index (χ3n) is 3.95. The highest BCUT2D eigenvalue weighted by atomic mass is 19.4. The van der Waals surface area contributed by atoms with Crippen molar-refractivity contribution in [2.75, 3.05) is 18.6 Å². The van der Waals surface area contributed by atoms with Gasteiger partial charge in [0.15, 0.2) is 0 Å². The Kier molecular flexibility index (Phi) is 4.02. The SMILES string of the molecule is CN1CN(Cc2ccc(C(F)(F)F)cc2)Cc2ccc(F)cc21. The van der Waals surface area contributed by atoms with Crippen molar-refractivity contribution in [2.45, 2.75) is 19.3 Å². The molecule has 1 heterocycles. The van der Waals surface area contributed by atoms with E-state index < -0.39 is 11.7 Å². The zero-order valence-electron chi connectivity index (χ0n) is 12.6. The Morgan fingerprint density at radius 1 is 1.04 bits per heavy atom. The molecule has 2 aromatic carbocycles. The number of fused-ring (bicyclic) bond motifs is 1. The second-order valence-electron chi connectivity index (χ2n) is 5.79. The zero-order chi connectivity index (χ0) is 16.6. The molecule has 23 heavy (non-hydrogen) atoms. The Balaban J connectivity index is 1.73. The molecule has 0 fully saturated rings.